The van der Waals surface area contributed by atoms with Crippen LogP contribution in [0.2, 0.25) is 5.02 Å². The maximum absolute atomic E-state index is 12.2. The van der Waals surface area contributed by atoms with Crippen molar-refractivity contribution in [1.29, 1.82) is 0 Å². The summed E-state index contributed by atoms with van der Waals surface area (Å²) in [5.41, 5.74) is 3.21. The Morgan fingerprint density at radius 2 is 1.90 bits per heavy atom. The third-order valence-electron chi connectivity index (χ3n) is 4.42. The van der Waals surface area contributed by atoms with Crippen molar-refractivity contribution >= 4 is 23.3 Å². The van der Waals surface area contributed by atoms with Crippen molar-refractivity contribution in [3.8, 4) is 11.6 Å². The minimum absolute atomic E-state index is 0.201. The zero-order chi connectivity index (χ0) is 21.0. The molecule has 0 aliphatic rings. The van der Waals surface area contributed by atoms with Gasteiger partial charge < -0.3 is 4.74 Å². The first-order valence-electron chi connectivity index (χ1n) is 9.03. The summed E-state index contributed by atoms with van der Waals surface area (Å²) in [6.07, 6.45) is 2.56. The van der Waals surface area contributed by atoms with Gasteiger partial charge in [0.15, 0.2) is 0 Å². The number of aryl methyl sites for hydroxylation is 1. The minimum atomic E-state index is -0.536. The predicted octanol–water partition coefficient (Wildman–Crippen LogP) is 3.27. The van der Waals surface area contributed by atoms with Crippen LogP contribution >= 0.6 is 11.6 Å². The molecule has 1 aromatic heterocycles. The molecule has 29 heavy (non-hydrogen) atoms. The average molecular weight is 415 g/mol. The van der Waals surface area contributed by atoms with E-state index in [-0.39, 0.29) is 6.61 Å². The van der Waals surface area contributed by atoms with Gasteiger partial charge in [-0.15, -0.1) is 5.10 Å². The Morgan fingerprint density at radius 1 is 1.17 bits per heavy atom. The van der Waals surface area contributed by atoms with Gasteiger partial charge in [0.1, 0.15) is 6.61 Å². The monoisotopic (exact) mass is 414 g/mol. The highest BCUT2D eigenvalue weighted by Crippen LogP contribution is 2.25. The number of hydrazine groups is 2. The van der Waals surface area contributed by atoms with E-state index in [0.29, 0.717) is 16.6 Å². The highest BCUT2D eigenvalue weighted by molar-refractivity contribution is 6.30. The first-order chi connectivity index (χ1) is 13.9. The third kappa shape index (κ3) is 4.68. The lowest BCUT2D eigenvalue weighted by atomic mass is 10.0. The van der Waals surface area contributed by atoms with Gasteiger partial charge in [-0.3, -0.25) is 5.01 Å². The van der Waals surface area contributed by atoms with Gasteiger partial charge in [0, 0.05) is 29.9 Å². The Morgan fingerprint density at radius 3 is 2.55 bits per heavy atom. The number of halogens is 1. The molecule has 3 rings (SSSR count). The van der Waals surface area contributed by atoms with Gasteiger partial charge >= 0.3 is 6.03 Å². The van der Waals surface area contributed by atoms with Crippen LogP contribution in [0.1, 0.15) is 18.1 Å². The van der Waals surface area contributed by atoms with Crippen molar-refractivity contribution in [2.75, 3.05) is 12.1 Å². The molecule has 0 unspecified atom stereocenters. The van der Waals surface area contributed by atoms with E-state index < -0.39 is 6.03 Å². The van der Waals surface area contributed by atoms with Gasteiger partial charge in [0.05, 0.1) is 11.4 Å². The average Bonchev–Trinajstić information content (AvgIpc) is 3.20. The lowest BCUT2D eigenvalue weighted by Crippen LogP contribution is -2.49. The predicted molar refractivity (Wildman–Crippen MR) is 113 cm³/mol. The molecule has 3 aromatic rings. The molecule has 4 N–H and O–H groups in total. The van der Waals surface area contributed by atoms with Crippen LogP contribution in [0.25, 0.3) is 5.69 Å². The van der Waals surface area contributed by atoms with E-state index in [4.69, 9.17) is 28.0 Å². The Balaban J connectivity index is 1.81. The standard InChI is InChI=1S/C20H23ClN6O2/c1-3-14-5-4-6-18(27(23)20(28)25(2)22)17(14)13-29-19-11-12-26(24-19)16-9-7-15(21)8-10-16/h4-12H,3,13,22-23H2,1-2H3. The molecular formula is C20H23ClN6O2. The van der Waals surface area contributed by atoms with Crippen molar-refractivity contribution in [2.45, 2.75) is 20.0 Å². The Labute approximate surface area is 174 Å². The lowest BCUT2D eigenvalue weighted by Gasteiger charge is -2.24. The smallest absolute Gasteiger partial charge is 0.352 e. The summed E-state index contributed by atoms with van der Waals surface area (Å²) >= 11 is 5.93. The van der Waals surface area contributed by atoms with Crippen LogP contribution in [0, 0.1) is 0 Å². The fourth-order valence-corrected chi connectivity index (χ4v) is 3.01. The molecule has 0 spiro atoms. The maximum atomic E-state index is 12.2. The number of hydrogen-bond donors (Lipinski definition) is 2. The van der Waals surface area contributed by atoms with Crippen LogP contribution in [0.4, 0.5) is 10.5 Å². The summed E-state index contributed by atoms with van der Waals surface area (Å²) in [4.78, 5) is 12.2. The molecule has 0 aliphatic heterocycles. The summed E-state index contributed by atoms with van der Waals surface area (Å²) in [7, 11) is 1.44. The number of hydrogen-bond acceptors (Lipinski definition) is 5. The van der Waals surface area contributed by atoms with E-state index in [0.717, 1.165) is 33.3 Å². The normalized spacial score (nSPS) is 10.7. The van der Waals surface area contributed by atoms with E-state index >= 15 is 0 Å². The summed E-state index contributed by atoms with van der Waals surface area (Å²) in [5.74, 6) is 12.0. The van der Waals surface area contributed by atoms with Crippen LogP contribution in [0.15, 0.2) is 54.7 Å². The largest absolute Gasteiger partial charge is 0.472 e. The SMILES string of the molecule is CCc1cccc(N(N)C(=O)N(C)N)c1COc1ccn(-c2ccc(Cl)cc2)n1. The van der Waals surface area contributed by atoms with Crippen LogP contribution in [0.3, 0.4) is 0 Å². The third-order valence-corrected chi connectivity index (χ3v) is 4.67. The van der Waals surface area contributed by atoms with E-state index in [1.165, 1.54) is 7.05 Å². The fourth-order valence-electron chi connectivity index (χ4n) is 2.89. The molecule has 1 heterocycles. The van der Waals surface area contributed by atoms with Gasteiger partial charge in [-0.1, -0.05) is 30.7 Å². The molecule has 2 aromatic carbocycles. The number of nitrogens with two attached hydrogens (primary N) is 2. The number of carbonyl (C=O) groups excluding carboxylic acids is 1. The summed E-state index contributed by atoms with van der Waals surface area (Å²) in [5, 5.41) is 7.03. The molecule has 0 bridgehead atoms. The van der Waals surface area contributed by atoms with Crippen LogP contribution in [-0.4, -0.2) is 27.9 Å². The van der Waals surface area contributed by atoms with Gasteiger partial charge in [-0.25, -0.2) is 26.2 Å². The van der Waals surface area contributed by atoms with Crippen molar-refractivity contribution in [1.82, 2.24) is 14.8 Å². The highest BCUT2D eigenvalue weighted by atomic mass is 35.5. The second-order valence-electron chi connectivity index (χ2n) is 6.40. The van der Waals surface area contributed by atoms with Crippen molar-refractivity contribution < 1.29 is 9.53 Å². The zero-order valence-corrected chi connectivity index (χ0v) is 17.0. The molecule has 0 saturated heterocycles. The summed E-state index contributed by atoms with van der Waals surface area (Å²) < 4.78 is 7.59. The number of aromatic nitrogens is 2. The van der Waals surface area contributed by atoms with Crippen molar-refractivity contribution in [3.63, 3.8) is 0 Å². The number of urea groups is 1. The minimum Gasteiger partial charge on any atom is -0.472 e. The summed E-state index contributed by atoms with van der Waals surface area (Å²) in [6.45, 7) is 2.22. The van der Waals surface area contributed by atoms with Crippen LogP contribution in [0.5, 0.6) is 5.88 Å². The number of rotatable bonds is 6. The topological polar surface area (TPSA) is 103 Å². The number of carbonyl (C=O) groups is 1. The van der Waals surface area contributed by atoms with Crippen molar-refractivity contribution in [2.24, 2.45) is 11.7 Å². The highest BCUT2D eigenvalue weighted by Gasteiger charge is 2.19. The molecule has 0 saturated carbocycles. The molecule has 8 nitrogen and oxygen atoms in total. The van der Waals surface area contributed by atoms with E-state index in [2.05, 4.69) is 5.10 Å². The molecule has 0 radical (unpaired) electrons. The second-order valence-corrected chi connectivity index (χ2v) is 6.83. The van der Waals surface area contributed by atoms with Crippen LogP contribution in [-0.2, 0) is 13.0 Å². The molecule has 9 heteroatoms. The molecule has 152 valence electrons. The first-order valence-corrected chi connectivity index (χ1v) is 9.41. The van der Waals surface area contributed by atoms with E-state index in [9.17, 15) is 4.79 Å². The molecular weight excluding hydrogens is 392 g/mol. The Bertz CT molecular complexity index is 987. The van der Waals surface area contributed by atoms with Gasteiger partial charge in [0.25, 0.3) is 0 Å². The van der Waals surface area contributed by atoms with Gasteiger partial charge in [0.2, 0.25) is 5.88 Å². The maximum Gasteiger partial charge on any atom is 0.352 e. The lowest BCUT2D eigenvalue weighted by molar-refractivity contribution is 0.216. The number of nitrogens with zero attached hydrogens (tertiary/aromatic N) is 4. The number of anilines is 1. The molecule has 2 amide bonds. The number of amides is 2. The number of benzene rings is 2. The molecule has 0 fully saturated rings. The first kappa shape index (κ1) is 20.7. The quantitative estimate of drug-likeness (QED) is 0.366. The number of ether oxygens (including phenoxy) is 1. The molecule has 0 atom stereocenters. The Hall–Kier alpha value is -3.07. The van der Waals surface area contributed by atoms with E-state index in [1.54, 1.807) is 35.1 Å². The van der Waals surface area contributed by atoms with E-state index in [1.807, 2.05) is 31.2 Å². The molecule has 0 aliphatic carbocycles. The van der Waals surface area contributed by atoms with Crippen molar-refractivity contribution in [3.05, 3.63) is 70.9 Å². The second kappa shape index (κ2) is 8.95. The summed E-state index contributed by atoms with van der Waals surface area (Å²) in [6, 6.07) is 14.1. The fraction of sp³-hybridized carbons (Fsp3) is 0.200. The Kier molecular flexibility index (Phi) is 6.38. The zero-order valence-electron chi connectivity index (χ0n) is 16.2. The van der Waals surface area contributed by atoms with Gasteiger partial charge in [-0.05, 0) is 42.3 Å². The van der Waals surface area contributed by atoms with Crippen LogP contribution < -0.4 is 21.4 Å². The van der Waals surface area contributed by atoms with Gasteiger partial charge in [-0.2, -0.15) is 0 Å².